The summed E-state index contributed by atoms with van der Waals surface area (Å²) in [7, 11) is 3.13. The van der Waals surface area contributed by atoms with Crippen molar-refractivity contribution in [2.75, 3.05) is 40.5 Å². The average molecular weight is 289 g/mol. The summed E-state index contributed by atoms with van der Waals surface area (Å²) in [5.74, 6) is -1.26. The Morgan fingerprint density at radius 2 is 1.60 bits per heavy atom. The molecule has 1 amide bonds. The third kappa shape index (κ3) is 5.46. The molecule has 0 spiro atoms. The number of carboxylic acids is 1. The molecule has 0 aromatic carbocycles. The van der Waals surface area contributed by atoms with Crippen molar-refractivity contribution in [2.45, 2.75) is 27.2 Å². The molecular formula is C14H27NO5. The first kappa shape index (κ1) is 18.9. The van der Waals surface area contributed by atoms with E-state index in [0.717, 1.165) is 0 Å². The molecule has 0 aliphatic rings. The van der Waals surface area contributed by atoms with Gasteiger partial charge in [-0.15, -0.1) is 0 Å². The van der Waals surface area contributed by atoms with Crippen LogP contribution in [0.3, 0.4) is 0 Å². The van der Waals surface area contributed by atoms with Gasteiger partial charge in [0.25, 0.3) is 0 Å². The maximum atomic E-state index is 12.3. The van der Waals surface area contributed by atoms with E-state index in [1.807, 2.05) is 13.8 Å². The van der Waals surface area contributed by atoms with Crippen molar-refractivity contribution >= 4 is 11.9 Å². The highest BCUT2D eigenvalue weighted by Crippen LogP contribution is 2.32. The van der Waals surface area contributed by atoms with Crippen LogP contribution in [-0.2, 0) is 19.1 Å². The fourth-order valence-electron chi connectivity index (χ4n) is 1.72. The molecule has 1 N–H and O–H groups in total. The monoisotopic (exact) mass is 289 g/mol. The molecule has 6 heteroatoms. The maximum Gasteiger partial charge on any atom is 0.310 e. The highest BCUT2D eigenvalue weighted by molar-refractivity contribution is 5.85. The van der Waals surface area contributed by atoms with E-state index >= 15 is 0 Å². The van der Waals surface area contributed by atoms with Crippen LogP contribution < -0.4 is 0 Å². The second-order valence-electron chi connectivity index (χ2n) is 5.42. The molecule has 1 atom stereocenters. The Morgan fingerprint density at radius 3 is 1.90 bits per heavy atom. The van der Waals surface area contributed by atoms with Gasteiger partial charge in [0.15, 0.2) is 0 Å². The Kier molecular flexibility index (Phi) is 8.41. The second-order valence-corrected chi connectivity index (χ2v) is 5.42. The molecule has 0 aromatic rings. The molecular weight excluding hydrogens is 262 g/mol. The Hall–Kier alpha value is -1.14. The summed E-state index contributed by atoms with van der Waals surface area (Å²) in [5, 5.41) is 9.37. The standard InChI is InChI=1S/C14H27NO5/c1-11(2)14(3,13(17)18)10-12(16)15(6-8-19-4)7-9-20-5/h11H,6-10H2,1-5H3,(H,17,18). The number of carbonyl (C=O) groups is 2. The van der Waals surface area contributed by atoms with Crippen molar-refractivity contribution in [3.8, 4) is 0 Å². The number of carboxylic acid groups (broad SMARTS) is 1. The minimum Gasteiger partial charge on any atom is -0.481 e. The molecule has 118 valence electrons. The van der Waals surface area contributed by atoms with Gasteiger partial charge >= 0.3 is 5.97 Å². The Balaban J connectivity index is 4.82. The van der Waals surface area contributed by atoms with Crippen molar-refractivity contribution in [1.29, 1.82) is 0 Å². The largest absolute Gasteiger partial charge is 0.481 e. The number of amides is 1. The first-order chi connectivity index (χ1) is 9.29. The van der Waals surface area contributed by atoms with Crippen LogP contribution >= 0.6 is 0 Å². The molecule has 0 saturated carbocycles. The number of nitrogens with zero attached hydrogens (tertiary/aromatic N) is 1. The van der Waals surface area contributed by atoms with Crippen molar-refractivity contribution in [2.24, 2.45) is 11.3 Å². The van der Waals surface area contributed by atoms with E-state index in [1.54, 1.807) is 26.0 Å². The molecule has 6 nitrogen and oxygen atoms in total. The lowest BCUT2D eigenvalue weighted by molar-refractivity contribution is -0.155. The number of rotatable bonds is 10. The van der Waals surface area contributed by atoms with Crippen molar-refractivity contribution in [1.82, 2.24) is 4.90 Å². The number of ether oxygens (including phenoxy) is 2. The fraction of sp³-hybridized carbons (Fsp3) is 0.857. The number of aliphatic carboxylic acids is 1. The molecule has 0 aromatic heterocycles. The summed E-state index contributed by atoms with van der Waals surface area (Å²) in [6.45, 7) is 6.95. The van der Waals surface area contributed by atoms with Crippen molar-refractivity contribution in [3.05, 3.63) is 0 Å². The van der Waals surface area contributed by atoms with Crippen LogP contribution in [0.4, 0.5) is 0 Å². The van der Waals surface area contributed by atoms with Gasteiger partial charge in [0, 0.05) is 33.7 Å². The van der Waals surface area contributed by atoms with E-state index in [0.29, 0.717) is 26.3 Å². The van der Waals surface area contributed by atoms with Crippen LogP contribution in [0.5, 0.6) is 0 Å². The van der Waals surface area contributed by atoms with E-state index in [-0.39, 0.29) is 18.2 Å². The number of carbonyl (C=O) groups excluding carboxylic acids is 1. The molecule has 1 unspecified atom stereocenters. The van der Waals surface area contributed by atoms with Crippen LogP contribution in [0, 0.1) is 11.3 Å². The van der Waals surface area contributed by atoms with Crippen LogP contribution in [0.15, 0.2) is 0 Å². The lowest BCUT2D eigenvalue weighted by Crippen LogP contribution is -2.43. The quantitative estimate of drug-likeness (QED) is 0.655. The van der Waals surface area contributed by atoms with Crippen LogP contribution in [0.25, 0.3) is 0 Å². The zero-order chi connectivity index (χ0) is 15.8. The van der Waals surface area contributed by atoms with Gasteiger partial charge in [0.2, 0.25) is 5.91 Å². The van der Waals surface area contributed by atoms with Gasteiger partial charge in [-0.1, -0.05) is 13.8 Å². The lowest BCUT2D eigenvalue weighted by Gasteiger charge is -2.31. The van der Waals surface area contributed by atoms with E-state index in [9.17, 15) is 14.7 Å². The first-order valence-electron chi connectivity index (χ1n) is 6.78. The zero-order valence-electron chi connectivity index (χ0n) is 13.1. The van der Waals surface area contributed by atoms with Gasteiger partial charge in [-0.05, 0) is 12.8 Å². The predicted octanol–water partition coefficient (Wildman–Crippen LogP) is 1.24. The fourth-order valence-corrected chi connectivity index (χ4v) is 1.72. The summed E-state index contributed by atoms with van der Waals surface area (Å²) in [5.41, 5.74) is -1.06. The SMILES string of the molecule is COCCN(CCOC)C(=O)CC(C)(C(=O)O)C(C)C. The molecule has 0 fully saturated rings. The molecule has 0 rings (SSSR count). The van der Waals surface area contributed by atoms with Crippen molar-refractivity contribution < 1.29 is 24.2 Å². The molecule has 0 bridgehead atoms. The summed E-state index contributed by atoms with van der Waals surface area (Å²) >= 11 is 0. The van der Waals surface area contributed by atoms with Crippen molar-refractivity contribution in [3.63, 3.8) is 0 Å². The number of methoxy groups -OCH3 is 2. The highest BCUT2D eigenvalue weighted by atomic mass is 16.5. The van der Waals surface area contributed by atoms with E-state index in [2.05, 4.69) is 0 Å². The molecule has 0 radical (unpaired) electrons. The molecule has 20 heavy (non-hydrogen) atoms. The van der Waals surface area contributed by atoms with Gasteiger partial charge in [0.1, 0.15) is 0 Å². The first-order valence-corrected chi connectivity index (χ1v) is 6.78. The molecule has 0 aliphatic heterocycles. The van der Waals surface area contributed by atoms with Crippen LogP contribution in [0.1, 0.15) is 27.2 Å². The normalized spacial score (nSPS) is 14.1. The van der Waals surface area contributed by atoms with E-state index in [1.165, 1.54) is 0 Å². The molecule has 0 aliphatic carbocycles. The van der Waals surface area contributed by atoms with E-state index < -0.39 is 11.4 Å². The lowest BCUT2D eigenvalue weighted by atomic mass is 9.76. The van der Waals surface area contributed by atoms with Crippen LogP contribution in [0.2, 0.25) is 0 Å². The smallest absolute Gasteiger partial charge is 0.310 e. The Bertz CT molecular complexity index is 311. The second kappa shape index (κ2) is 8.92. The minimum atomic E-state index is -1.06. The number of hydrogen-bond donors (Lipinski definition) is 1. The van der Waals surface area contributed by atoms with Gasteiger partial charge in [0.05, 0.1) is 18.6 Å². The highest BCUT2D eigenvalue weighted by Gasteiger charge is 2.39. The van der Waals surface area contributed by atoms with Gasteiger partial charge in [-0.2, -0.15) is 0 Å². The maximum absolute atomic E-state index is 12.3. The molecule has 0 saturated heterocycles. The topological polar surface area (TPSA) is 76.1 Å². The summed E-state index contributed by atoms with van der Waals surface area (Å²) in [6, 6.07) is 0. The summed E-state index contributed by atoms with van der Waals surface area (Å²) < 4.78 is 9.95. The Morgan fingerprint density at radius 1 is 1.15 bits per heavy atom. The van der Waals surface area contributed by atoms with Gasteiger partial charge < -0.3 is 19.5 Å². The predicted molar refractivity (Wildman–Crippen MR) is 75.5 cm³/mol. The minimum absolute atomic E-state index is 0.0204. The third-order valence-electron chi connectivity index (χ3n) is 3.76. The van der Waals surface area contributed by atoms with Gasteiger partial charge in [-0.25, -0.2) is 0 Å². The zero-order valence-corrected chi connectivity index (χ0v) is 13.1. The summed E-state index contributed by atoms with van der Waals surface area (Å²) in [4.78, 5) is 25.4. The Labute approximate surface area is 121 Å². The number of hydrogen-bond acceptors (Lipinski definition) is 4. The summed E-state index contributed by atoms with van der Waals surface area (Å²) in [6.07, 6.45) is -0.0204. The van der Waals surface area contributed by atoms with Gasteiger partial charge in [-0.3, -0.25) is 9.59 Å². The van der Waals surface area contributed by atoms with E-state index in [4.69, 9.17) is 9.47 Å². The van der Waals surface area contributed by atoms with Crippen LogP contribution in [-0.4, -0.2) is 62.4 Å². The molecule has 0 heterocycles. The third-order valence-corrected chi connectivity index (χ3v) is 3.76. The average Bonchev–Trinajstić information content (AvgIpc) is 2.38.